The van der Waals surface area contributed by atoms with Gasteiger partial charge in [0.1, 0.15) is 5.75 Å². The molecule has 0 spiro atoms. The molecule has 0 amide bonds. The molecule has 1 aromatic rings. The van der Waals surface area contributed by atoms with E-state index in [4.69, 9.17) is 44.7 Å². The summed E-state index contributed by atoms with van der Waals surface area (Å²) in [4.78, 5) is 0. The molecule has 0 aliphatic heterocycles. The Morgan fingerprint density at radius 3 is 2.28 bits per heavy atom. The van der Waals surface area contributed by atoms with Gasteiger partial charge in [-0.3, -0.25) is 0 Å². The van der Waals surface area contributed by atoms with Crippen molar-refractivity contribution in [1.29, 1.82) is 0 Å². The van der Waals surface area contributed by atoms with E-state index in [0.717, 1.165) is 15.5 Å². The molecule has 0 saturated carbocycles. The molecule has 0 atom stereocenters. The maximum absolute atomic E-state index is 8.93. The van der Waals surface area contributed by atoms with Gasteiger partial charge in [-0.15, -0.1) is 0 Å². The number of ether oxygens (including phenoxy) is 1. The number of alkyl halides is 3. The van der Waals surface area contributed by atoms with Crippen molar-refractivity contribution >= 4 is 56.4 Å². The zero-order valence-corrected chi connectivity index (χ0v) is 14.2. The highest BCUT2D eigenvalue weighted by atomic mass is 79.9. The fraction of sp³-hybridized carbons (Fsp3) is 0.455. The Hall–Kier alpha value is 0.290. The third-order valence-corrected chi connectivity index (χ3v) is 3.03. The summed E-state index contributed by atoms with van der Waals surface area (Å²) in [6.07, 6.45) is 0.215. The lowest BCUT2D eigenvalue weighted by molar-refractivity contribution is -0.825. The normalized spacial score (nSPS) is 10.7. The first-order chi connectivity index (χ1) is 8.37. The van der Waals surface area contributed by atoms with Crippen LogP contribution in [0.3, 0.4) is 0 Å². The standard InChI is InChI=1S/C9H9BrCl3NO2.C2H6/c1-16-8-3-5(14-15)2-7(10)6(8)4-9(11,12)13;1-2/h2-3,14-15H,4H2,1H3;1-2H3/p+1. The second-order valence-corrected chi connectivity index (χ2v) is 6.48. The summed E-state index contributed by atoms with van der Waals surface area (Å²) in [6.45, 7) is 4.00. The summed E-state index contributed by atoms with van der Waals surface area (Å²) in [6, 6.07) is 3.38. The van der Waals surface area contributed by atoms with E-state index in [2.05, 4.69) is 15.9 Å². The molecule has 104 valence electrons. The van der Waals surface area contributed by atoms with Gasteiger partial charge in [0.2, 0.25) is 0 Å². The number of hydrogen-bond donors (Lipinski definition) is 2. The van der Waals surface area contributed by atoms with Gasteiger partial charge in [-0.25, -0.2) is 5.21 Å². The molecule has 3 nitrogen and oxygen atoms in total. The number of rotatable bonds is 3. The Bertz CT molecular complexity index is 383. The van der Waals surface area contributed by atoms with Gasteiger partial charge in [-0.2, -0.15) is 5.48 Å². The predicted molar refractivity (Wildman–Crippen MR) is 79.4 cm³/mol. The topological polar surface area (TPSA) is 46.1 Å². The Morgan fingerprint density at radius 2 is 1.89 bits per heavy atom. The lowest BCUT2D eigenvalue weighted by Crippen LogP contribution is -2.73. The maximum atomic E-state index is 8.93. The van der Waals surface area contributed by atoms with Crippen LogP contribution in [-0.2, 0) is 6.42 Å². The highest BCUT2D eigenvalue weighted by Crippen LogP contribution is 2.38. The summed E-state index contributed by atoms with van der Waals surface area (Å²) in [5, 5.41) is 8.93. The minimum atomic E-state index is -1.39. The Labute approximate surface area is 130 Å². The first kappa shape index (κ1) is 18.3. The molecule has 0 fully saturated rings. The molecule has 3 N–H and O–H groups in total. The molecule has 0 saturated heterocycles. The van der Waals surface area contributed by atoms with Gasteiger partial charge in [0.15, 0.2) is 9.48 Å². The molecule has 0 heterocycles. The smallest absolute Gasteiger partial charge is 0.194 e. The van der Waals surface area contributed by atoms with Gasteiger partial charge in [-0.1, -0.05) is 64.6 Å². The van der Waals surface area contributed by atoms with Crippen LogP contribution in [0.15, 0.2) is 16.6 Å². The Morgan fingerprint density at radius 1 is 1.33 bits per heavy atom. The lowest BCUT2D eigenvalue weighted by atomic mass is 10.1. The number of benzene rings is 1. The summed E-state index contributed by atoms with van der Waals surface area (Å²) in [7, 11) is 1.52. The van der Waals surface area contributed by atoms with Crippen molar-refractivity contribution in [2.75, 3.05) is 7.11 Å². The van der Waals surface area contributed by atoms with Gasteiger partial charge < -0.3 is 4.74 Å². The van der Waals surface area contributed by atoms with E-state index in [1.54, 1.807) is 12.1 Å². The van der Waals surface area contributed by atoms with Crippen LogP contribution in [0.1, 0.15) is 19.4 Å². The first-order valence-electron chi connectivity index (χ1n) is 5.28. The quantitative estimate of drug-likeness (QED) is 0.473. The molecule has 0 unspecified atom stereocenters. The van der Waals surface area contributed by atoms with Crippen molar-refractivity contribution in [3.63, 3.8) is 0 Å². The molecule has 0 aromatic heterocycles. The minimum Gasteiger partial charge on any atom is -0.496 e. The fourth-order valence-electron chi connectivity index (χ4n) is 1.26. The molecule has 0 aliphatic rings. The van der Waals surface area contributed by atoms with Crippen molar-refractivity contribution < 1.29 is 15.4 Å². The molecule has 0 bridgehead atoms. The number of nitrogens with two attached hydrogens (primary N) is 1. The zero-order chi connectivity index (χ0) is 14.3. The van der Waals surface area contributed by atoms with Crippen LogP contribution in [0, 0.1) is 0 Å². The number of methoxy groups -OCH3 is 1. The van der Waals surface area contributed by atoms with Crippen molar-refractivity contribution in [1.82, 2.24) is 0 Å². The van der Waals surface area contributed by atoms with Crippen LogP contribution >= 0.6 is 50.7 Å². The predicted octanol–water partition coefficient (Wildman–Crippen LogP) is 3.98. The third-order valence-electron chi connectivity index (χ3n) is 1.92. The van der Waals surface area contributed by atoms with E-state index in [1.807, 2.05) is 13.8 Å². The van der Waals surface area contributed by atoms with Crippen molar-refractivity contribution in [2.24, 2.45) is 0 Å². The minimum absolute atomic E-state index is 0.215. The van der Waals surface area contributed by atoms with E-state index in [0.29, 0.717) is 11.4 Å². The van der Waals surface area contributed by atoms with E-state index < -0.39 is 3.79 Å². The molecule has 7 heteroatoms. The van der Waals surface area contributed by atoms with E-state index in [-0.39, 0.29) is 6.42 Å². The van der Waals surface area contributed by atoms with Gasteiger partial charge in [0.25, 0.3) is 0 Å². The average Bonchev–Trinajstić information content (AvgIpc) is 2.32. The summed E-state index contributed by atoms with van der Waals surface area (Å²) in [5.74, 6) is 0.556. The van der Waals surface area contributed by atoms with Crippen LogP contribution < -0.4 is 10.2 Å². The molecule has 0 aliphatic carbocycles. The molecular weight excluding hydrogens is 364 g/mol. The van der Waals surface area contributed by atoms with Crippen molar-refractivity contribution in [3.05, 3.63) is 22.2 Å². The van der Waals surface area contributed by atoms with Crippen LogP contribution in [0.5, 0.6) is 5.75 Å². The maximum Gasteiger partial charge on any atom is 0.194 e. The van der Waals surface area contributed by atoms with Crippen LogP contribution in [-0.4, -0.2) is 16.1 Å². The van der Waals surface area contributed by atoms with E-state index in [1.165, 1.54) is 7.11 Å². The molecule has 1 rings (SSSR count). The van der Waals surface area contributed by atoms with Gasteiger partial charge in [0, 0.05) is 28.6 Å². The van der Waals surface area contributed by atoms with E-state index in [9.17, 15) is 0 Å². The SMILES string of the molecule is CC.COc1cc([NH2+]O)cc(Br)c1CC(Cl)(Cl)Cl. The Balaban J connectivity index is 0.00000137. The Kier molecular flexibility index (Phi) is 8.59. The fourth-order valence-corrected chi connectivity index (χ4v) is 2.26. The first-order valence-corrected chi connectivity index (χ1v) is 7.20. The molecule has 18 heavy (non-hydrogen) atoms. The van der Waals surface area contributed by atoms with Crippen molar-refractivity contribution in [2.45, 2.75) is 24.1 Å². The van der Waals surface area contributed by atoms with E-state index >= 15 is 0 Å². The summed E-state index contributed by atoms with van der Waals surface area (Å²) in [5.41, 5.74) is 2.33. The van der Waals surface area contributed by atoms with Gasteiger partial charge in [0.05, 0.1) is 7.11 Å². The second-order valence-electron chi connectivity index (χ2n) is 3.10. The molecular formula is C11H16BrCl3NO2+. The largest absolute Gasteiger partial charge is 0.496 e. The highest BCUT2D eigenvalue weighted by Gasteiger charge is 2.25. The van der Waals surface area contributed by atoms with Crippen LogP contribution in [0.25, 0.3) is 0 Å². The molecule has 0 radical (unpaired) electrons. The number of halogens is 4. The third kappa shape index (κ3) is 5.95. The zero-order valence-electron chi connectivity index (χ0n) is 10.3. The van der Waals surface area contributed by atoms with Crippen LogP contribution in [0.2, 0.25) is 0 Å². The number of hydrogen-bond acceptors (Lipinski definition) is 2. The highest BCUT2D eigenvalue weighted by molar-refractivity contribution is 9.10. The second kappa shape index (κ2) is 8.46. The lowest BCUT2D eigenvalue weighted by Gasteiger charge is -2.15. The monoisotopic (exact) mass is 378 g/mol. The number of quaternary nitrogens is 1. The molecule has 1 aromatic carbocycles. The summed E-state index contributed by atoms with van der Waals surface area (Å²) >= 11 is 20.6. The summed E-state index contributed by atoms with van der Waals surface area (Å²) < 4.78 is 4.51. The van der Waals surface area contributed by atoms with Crippen molar-refractivity contribution in [3.8, 4) is 5.75 Å². The van der Waals surface area contributed by atoms with Gasteiger partial charge >= 0.3 is 0 Å². The average molecular weight is 381 g/mol. The van der Waals surface area contributed by atoms with Crippen LogP contribution in [0.4, 0.5) is 5.69 Å². The van der Waals surface area contributed by atoms with Gasteiger partial charge in [-0.05, 0) is 0 Å².